The first-order valence-corrected chi connectivity index (χ1v) is 5.74. The van der Waals surface area contributed by atoms with Crippen molar-refractivity contribution in [3.8, 4) is 6.07 Å². The lowest BCUT2D eigenvalue weighted by Gasteiger charge is -2.17. The number of carbonyl (C=O) groups excluding carboxylic acids is 1. The smallest absolute Gasteiger partial charge is 0.270 e. The van der Waals surface area contributed by atoms with Gasteiger partial charge in [-0.2, -0.15) is 10.4 Å². The summed E-state index contributed by atoms with van der Waals surface area (Å²) < 4.78 is 1.65. The zero-order chi connectivity index (χ0) is 13.1. The van der Waals surface area contributed by atoms with E-state index in [2.05, 4.69) is 10.4 Å². The molecular formula is C12H18N4O. The highest BCUT2D eigenvalue weighted by molar-refractivity contribution is 5.93. The van der Waals surface area contributed by atoms with Crippen LogP contribution in [0.2, 0.25) is 0 Å². The van der Waals surface area contributed by atoms with Crippen molar-refractivity contribution in [3.05, 3.63) is 17.5 Å². The second kappa shape index (κ2) is 5.00. The van der Waals surface area contributed by atoms with Gasteiger partial charge >= 0.3 is 0 Å². The molecule has 92 valence electrons. The predicted molar refractivity (Wildman–Crippen MR) is 64.4 cm³/mol. The summed E-state index contributed by atoms with van der Waals surface area (Å²) >= 11 is 0. The Balaban J connectivity index is 2.96. The summed E-state index contributed by atoms with van der Waals surface area (Å²) in [5.74, 6) is -0.259. The quantitative estimate of drug-likeness (QED) is 0.858. The highest BCUT2D eigenvalue weighted by Gasteiger charge is 2.22. The lowest BCUT2D eigenvalue weighted by molar-refractivity contribution is 0.0918. The summed E-state index contributed by atoms with van der Waals surface area (Å²) in [7, 11) is 0. The molecule has 0 saturated carbocycles. The number of aromatic nitrogens is 2. The third-order valence-electron chi connectivity index (χ3n) is 2.43. The fourth-order valence-electron chi connectivity index (χ4n) is 1.44. The van der Waals surface area contributed by atoms with Gasteiger partial charge in [0.1, 0.15) is 11.2 Å². The number of hydrogen-bond acceptors (Lipinski definition) is 3. The zero-order valence-electron chi connectivity index (χ0n) is 10.7. The highest BCUT2D eigenvalue weighted by Crippen LogP contribution is 2.08. The topological polar surface area (TPSA) is 70.7 Å². The zero-order valence-corrected chi connectivity index (χ0v) is 10.7. The fraction of sp³-hybridized carbons (Fsp3) is 0.583. The van der Waals surface area contributed by atoms with Crippen LogP contribution in [0.1, 0.15) is 43.9 Å². The fourth-order valence-corrected chi connectivity index (χ4v) is 1.44. The Morgan fingerprint density at radius 1 is 1.59 bits per heavy atom. The number of nitrogens with zero attached hydrogens (tertiary/aromatic N) is 3. The Labute approximate surface area is 101 Å². The molecule has 1 heterocycles. The van der Waals surface area contributed by atoms with Crippen molar-refractivity contribution in [1.29, 1.82) is 5.26 Å². The van der Waals surface area contributed by atoms with Crippen LogP contribution < -0.4 is 5.32 Å². The van der Waals surface area contributed by atoms with Crippen LogP contribution in [0.3, 0.4) is 0 Å². The lowest BCUT2D eigenvalue weighted by Crippen LogP contribution is -2.42. The van der Waals surface area contributed by atoms with Crippen molar-refractivity contribution < 1.29 is 4.79 Å². The number of nitrogens with one attached hydrogen (secondary N) is 1. The molecule has 5 nitrogen and oxygen atoms in total. The van der Waals surface area contributed by atoms with E-state index < -0.39 is 5.54 Å². The van der Waals surface area contributed by atoms with Crippen LogP contribution >= 0.6 is 0 Å². The third-order valence-corrected chi connectivity index (χ3v) is 2.43. The Morgan fingerprint density at radius 2 is 2.24 bits per heavy atom. The normalized spacial score (nSPS) is 11.0. The Hall–Kier alpha value is -1.83. The average molecular weight is 234 g/mol. The molecule has 17 heavy (non-hydrogen) atoms. The summed E-state index contributed by atoms with van der Waals surface area (Å²) in [6, 6.07) is 3.81. The van der Waals surface area contributed by atoms with Crippen molar-refractivity contribution in [2.75, 3.05) is 0 Å². The van der Waals surface area contributed by atoms with Gasteiger partial charge in [-0.25, -0.2) is 0 Å². The molecule has 1 N–H and O–H groups in total. The number of rotatable bonds is 4. The molecule has 0 aromatic carbocycles. The molecular weight excluding hydrogens is 216 g/mol. The van der Waals surface area contributed by atoms with Crippen LogP contribution in [0.15, 0.2) is 6.07 Å². The molecule has 0 saturated heterocycles. The Morgan fingerprint density at radius 3 is 2.71 bits per heavy atom. The van der Waals surface area contributed by atoms with Gasteiger partial charge in [-0.3, -0.25) is 9.48 Å². The first-order chi connectivity index (χ1) is 7.93. The molecule has 5 heteroatoms. The minimum Gasteiger partial charge on any atom is -0.333 e. The predicted octanol–water partition coefficient (Wildman–Crippen LogP) is 1.50. The van der Waals surface area contributed by atoms with Gasteiger partial charge in [-0.05, 0) is 33.3 Å². The SMILES string of the molecule is CCc1cc(C(=O)NC(C)(C)C#N)n(CC)n1. The standard InChI is InChI=1S/C12H18N4O/c1-5-9-7-10(16(6-2)15-9)11(17)14-12(3,4)8-13/h7H,5-6H2,1-4H3,(H,14,17). The average Bonchev–Trinajstić information content (AvgIpc) is 2.71. The molecule has 1 aromatic rings. The van der Waals surface area contributed by atoms with Gasteiger partial charge in [-0.15, -0.1) is 0 Å². The molecule has 0 radical (unpaired) electrons. The molecule has 0 spiro atoms. The second-order valence-electron chi connectivity index (χ2n) is 4.38. The van der Waals surface area contributed by atoms with E-state index in [9.17, 15) is 4.79 Å². The first-order valence-electron chi connectivity index (χ1n) is 5.74. The maximum Gasteiger partial charge on any atom is 0.270 e. The van der Waals surface area contributed by atoms with Crippen molar-refractivity contribution in [3.63, 3.8) is 0 Å². The van der Waals surface area contributed by atoms with Crippen LogP contribution in [-0.2, 0) is 13.0 Å². The lowest BCUT2D eigenvalue weighted by atomic mass is 10.1. The van der Waals surface area contributed by atoms with Crippen LogP contribution in [-0.4, -0.2) is 21.2 Å². The maximum atomic E-state index is 12.0. The summed E-state index contributed by atoms with van der Waals surface area (Å²) in [5.41, 5.74) is 0.520. The molecule has 0 bridgehead atoms. The maximum absolute atomic E-state index is 12.0. The van der Waals surface area contributed by atoms with E-state index in [0.717, 1.165) is 12.1 Å². The Bertz CT molecular complexity index is 454. The first kappa shape index (κ1) is 13.2. The summed E-state index contributed by atoms with van der Waals surface area (Å²) in [5, 5.41) is 15.9. The number of amides is 1. The molecule has 1 aromatic heterocycles. The monoisotopic (exact) mass is 234 g/mol. The minimum absolute atomic E-state index is 0.259. The largest absolute Gasteiger partial charge is 0.333 e. The van der Waals surface area contributed by atoms with Crippen LogP contribution in [0.4, 0.5) is 0 Å². The van der Waals surface area contributed by atoms with Crippen LogP contribution in [0.25, 0.3) is 0 Å². The molecule has 0 aliphatic rings. The van der Waals surface area contributed by atoms with Gasteiger partial charge in [0.15, 0.2) is 0 Å². The number of aryl methyl sites for hydroxylation is 2. The van der Waals surface area contributed by atoms with E-state index in [1.807, 2.05) is 19.9 Å². The van der Waals surface area contributed by atoms with E-state index in [1.165, 1.54) is 0 Å². The molecule has 0 atom stereocenters. The number of carbonyl (C=O) groups is 1. The molecule has 0 fully saturated rings. The van der Waals surface area contributed by atoms with Crippen molar-refractivity contribution in [2.45, 2.75) is 46.2 Å². The van der Waals surface area contributed by atoms with Gasteiger partial charge in [0.2, 0.25) is 0 Å². The third kappa shape index (κ3) is 3.06. The van der Waals surface area contributed by atoms with Gasteiger partial charge < -0.3 is 5.32 Å². The summed E-state index contributed by atoms with van der Waals surface area (Å²) in [6.07, 6.45) is 0.787. The van der Waals surface area contributed by atoms with E-state index >= 15 is 0 Å². The number of hydrogen-bond donors (Lipinski definition) is 1. The summed E-state index contributed by atoms with van der Waals surface area (Å²) in [4.78, 5) is 12.0. The van der Waals surface area contributed by atoms with Gasteiger partial charge in [-0.1, -0.05) is 6.92 Å². The molecule has 0 unspecified atom stereocenters. The van der Waals surface area contributed by atoms with E-state index in [-0.39, 0.29) is 5.91 Å². The highest BCUT2D eigenvalue weighted by atomic mass is 16.2. The van der Waals surface area contributed by atoms with Gasteiger partial charge in [0.05, 0.1) is 11.8 Å². The summed E-state index contributed by atoms with van der Waals surface area (Å²) in [6.45, 7) is 7.88. The van der Waals surface area contributed by atoms with Gasteiger partial charge in [0, 0.05) is 6.54 Å². The van der Waals surface area contributed by atoms with Gasteiger partial charge in [0.25, 0.3) is 5.91 Å². The van der Waals surface area contributed by atoms with Crippen molar-refractivity contribution in [1.82, 2.24) is 15.1 Å². The van der Waals surface area contributed by atoms with E-state index in [4.69, 9.17) is 5.26 Å². The molecule has 1 amide bonds. The molecule has 1 rings (SSSR count). The van der Waals surface area contributed by atoms with E-state index in [1.54, 1.807) is 24.6 Å². The van der Waals surface area contributed by atoms with Crippen molar-refractivity contribution >= 4 is 5.91 Å². The number of nitriles is 1. The van der Waals surface area contributed by atoms with Crippen molar-refractivity contribution in [2.24, 2.45) is 0 Å². The van der Waals surface area contributed by atoms with E-state index in [0.29, 0.717) is 12.2 Å². The Kier molecular flexibility index (Phi) is 3.89. The molecule has 0 aliphatic heterocycles. The second-order valence-corrected chi connectivity index (χ2v) is 4.38. The molecule has 0 aliphatic carbocycles. The van der Waals surface area contributed by atoms with Crippen LogP contribution in [0, 0.1) is 11.3 Å². The van der Waals surface area contributed by atoms with Crippen LogP contribution in [0.5, 0.6) is 0 Å². The minimum atomic E-state index is -0.869.